The fourth-order valence-electron chi connectivity index (χ4n) is 11.5. The van der Waals surface area contributed by atoms with Crippen LogP contribution in [0.25, 0.3) is 10.9 Å². The summed E-state index contributed by atoms with van der Waals surface area (Å²) in [7, 11) is 6.25. The van der Waals surface area contributed by atoms with E-state index in [1.54, 1.807) is 128 Å². The summed E-state index contributed by atoms with van der Waals surface area (Å²) in [5, 5.41) is 15.4. The Hall–Kier alpha value is -10.2. The Morgan fingerprint density at radius 2 is 1.21 bits per heavy atom. The van der Waals surface area contributed by atoms with Gasteiger partial charge < -0.3 is 62.0 Å². The molecule has 5 aromatic carbocycles. The van der Waals surface area contributed by atoms with Gasteiger partial charge in [-0.15, -0.1) is 23.1 Å². The molecule has 7 aromatic rings. The van der Waals surface area contributed by atoms with Crippen LogP contribution in [-0.4, -0.2) is 148 Å². The maximum atomic E-state index is 15.2. The van der Waals surface area contributed by atoms with Crippen molar-refractivity contribution in [3.8, 4) is 34.5 Å². The molecule has 0 saturated carbocycles. The number of esters is 3. The van der Waals surface area contributed by atoms with Crippen LogP contribution in [0.1, 0.15) is 101 Å². The lowest BCUT2D eigenvalue weighted by molar-refractivity contribution is -0.925. The molecule has 3 amide bonds. The lowest BCUT2D eigenvalue weighted by Crippen LogP contribution is -2.71. The van der Waals surface area contributed by atoms with Gasteiger partial charge >= 0.3 is 24.0 Å². The zero-order valence-corrected chi connectivity index (χ0v) is 59.9. The predicted molar refractivity (Wildman–Crippen MR) is 376 cm³/mol. The second-order valence-electron chi connectivity index (χ2n) is 26.2. The SMILES string of the molecule is CCn1nc(C[N+]2(CC3=C(C(=O)OCc4ccc(OC)cc4)N4C(=O)C(NC(=O)C(=NOC(CC(=O)OC(C)(C)C)C(=O)OCc5ccc(OC)cc5)c5csc(NC(=O)OC(C)(C)C)n5)C4SC3)CCCC2)c(=O)c2cc(OCc3ccc(OC)cc3)c(OCc3ccc(OC)cc3)cc21. The smallest absolute Gasteiger partial charge is 0.413 e. The van der Waals surface area contributed by atoms with Crippen LogP contribution in [0.3, 0.4) is 0 Å². The molecule has 3 aliphatic rings. The third-order valence-corrected chi connectivity index (χ3v) is 18.6. The first kappa shape index (κ1) is 73.5. The van der Waals surface area contributed by atoms with Crippen molar-refractivity contribution < 1.29 is 85.5 Å². The number of aromatic nitrogens is 3. The second kappa shape index (κ2) is 32.4. The van der Waals surface area contributed by atoms with Gasteiger partial charge in [-0.05, 0) is 125 Å². The molecule has 2 fully saturated rings. The van der Waals surface area contributed by atoms with Crippen molar-refractivity contribution in [2.24, 2.45) is 5.16 Å². The van der Waals surface area contributed by atoms with Gasteiger partial charge in [0.05, 0.1) is 58.9 Å². The Morgan fingerprint density at radius 1 is 0.683 bits per heavy atom. The number of ether oxygens (including phenoxy) is 10. The van der Waals surface area contributed by atoms with Crippen LogP contribution in [0.15, 0.2) is 136 Å². The fourth-order valence-corrected chi connectivity index (χ4v) is 13.6. The predicted octanol–water partition coefficient (Wildman–Crippen LogP) is 10.2. The van der Waals surface area contributed by atoms with Gasteiger partial charge in [-0.2, -0.15) is 5.10 Å². The number of likely N-dealkylation sites (tertiary alicyclic amines) is 1. The number of carbonyl (C=O) groups excluding carboxylic acids is 6. The minimum Gasteiger partial charge on any atom is -0.497 e. The molecule has 3 aliphatic heterocycles. The summed E-state index contributed by atoms with van der Waals surface area (Å²) >= 11 is 2.21. The first-order chi connectivity index (χ1) is 48.3. The molecule has 534 valence electrons. The average molecular weight is 1420 g/mol. The van der Waals surface area contributed by atoms with Gasteiger partial charge in [0.1, 0.15) is 96.5 Å². The molecule has 0 bridgehead atoms. The third kappa shape index (κ3) is 18.8. The number of oxime groups is 1. The Bertz CT molecular complexity index is 4270. The van der Waals surface area contributed by atoms with E-state index in [1.165, 1.54) is 29.2 Å². The fraction of sp³-hybridized carbons (Fsp3) is 0.397. The van der Waals surface area contributed by atoms with E-state index in [2.05, 4.69) is 20.8 Å². The highest BCUT2D eigenvalue weighted by Gasteiger charge is 2.56. The number of carbonyl (C=O) groups is 6. The highest BCUT2D eigenvalue weighted by Crippen LogP contribution is 2.43. The van der Waals surface area contributed by atoms with E-state index in [1.807, 2.05) is 55.5 Å². The van der Waals surface area contributed by atoms with Gasteiger partial charge in [-0.3, -0.25) is 34.1 Å². The summed E-state index contributed by atoms with van der Waals surface area (Å²) in [6.45, 7) is 13.8. The molecule has 2 N–H and O–H groups in total. The first-order valence-electron chi connectivity index (χ1n) is 32.8. The van der Waals surface area contributed by atoms with Crippen molar-refractivity contribution in [2.45, 2.75) is 136 Å². The van der Waals surface area contributed by atoms with Crippen LogP contribution < -0.4 is 44.5 Å². The number of nitrogens with zero attached hydrogens (tertiary/aromatic N) is 6. The Balaban J connectivity index is 0.960. The van der Waals surface area contributed by atoms with E-state index in [4.69, 9.17) is 57.3 Å². The quantitative estimate of drug-likeness (QED) is 0.0110. The number of quaternary nitrogens is 1. The highest BCUT2D eigenvalue weighted by atomic mass is 32.2. The molecule has 3 atom stereocenters. The number of benzene rings is 5. The van der Waals surface area contributed by atoms with E-state index in [9.17, 15) is 24.0 Å². The van der Waals surface area contributed by atoms with Crippen molar-refractivity contribution in [1.29, 1.82) is 0 Å². The number of fused-ring (bicyclic) bond motifs is 2. The number of aryl methyl sites for hydroxylation is 1. The summed E-state index contributed by atoms with van der Waals surface area (Å²) in [5.74, 6) is -0.880. The monoisotopic (exact) mass is 1420 g/mol. The van der Waals surface area contributed by atoms with Gasteiger partial charge in [-0.1, -0.05) is 53.7 Å². The summed E-state index contributed by atoms with van der Waals surface area (Å²) in [5.41, 5.74) is 1.45. The number of hydrogen-bond acceptors (Lipinski definition) is 23. The van der Waals surface area contributed by atoms with Gasteiger partial charge in [0.25, 0.3) is 11.8 Å². The van der Waals surface area contributed by atoms with Crippen LogP contribution in [0.2, 0.25) is 0 Å². The number of rotatable bonds is 29. The molecule has 2 aromatic heterocycles. The molecule has 28 heteroatoms. The number of anilines is 1. The Labute approximate surface area is 592 Å². The van der Waals surface area contributed by atoms with E-state index < -0.39 is 76.7 Å². The third-order valence-electron chi connectivity index (χ3n) is 16.5. The van der Waals surface area contributed by atoms with Gasteiger partial charge in [0, 0.05) is 42.2 Å². The molecule has 26 nitrogen and oxygen atoms in total. The first-order valence-corrected chi connectivity index (χ1v) is 34.7. The van der Waals surface area contributed by atoms with E-state index in [-0.39, 0.29) is 67.2 Å². The highest BCUT2D eigenvalue weighted by molar-refractivity contribution is 8.00. The van der Waals surface area contributed by atoms with Crippen molar-refractivity contribution in [1.82, 2.24) is 25.0 Å². The summed E-state index contributed by atoms with van der Waals surface area (Å²) in [6.07, 6.45) is -1.75. The van der Waals surface area contributed by atoms with Crippen LogP contribution >= 0.6 is 23.1 Å². The lowest BCUT2D eigenvalue weighted by atomic mass is 10.0. The molecule has 10 rings (SSSR count). The molecule has 0 spiro atoms. The number of nitrogens with one attached hydrogen (secondary N) is 2. The van der Waals surface area contributed by atoms with Gasteiger partial charge in [0.15, 0.2) is 28.0 Å². The Kier molecular flexibility index (Phi) is 23.6. The molecule has 2 saturated heterocycles. The second-order valence-corrected chi connectivity index (χ2v) is 28.1. The number of thiazole rings is 1. The molecular weight excluding hydrogens is 1340 g/mol. The van der Waals surface area contributed by atoms with E-state index >= 15 is 9.59 Å². The summed E-state index contributed by atoms with van der Waals surface area (Å²) in [6, 6.07) is 30.9. The maximum Gasteiger partial charge on any atom is 0.413 e. The van der Waals surface area contributed by atoms with Crippen LogP contribution in [0.4, 0.5) is 9.93 Å². The van der Waals surface area contributed by atoms with Gasteiger partial charge in [0.2, 0.25) is 11.5 Å². The molecule has 3 unspecified atom stereocenters. The molecule has 0 aliphatic carbocycles. The molecule has 5 heterocycles. The molecule has 0 radical (unpaired) electrons. The standard InChI is InChI=1S/C73H82N8O18S2/c1-12-79-56-34-58(94-39-45-17-25-50(90-9)26-18-45)57(93-38-44-15-23-49(89-8)24-16-44)33-53(56)64(83)54(77-79)37-81(31-13-14-32-81)36-48-42-100-67-62(66(85)80(67)63(48)69(87)96-41-47-21-29-52(92-11)30-22-47)75-65(84)61(55-43-101-70(74-55)76-71(88)98-73(5,6)7)78-99-59(35-60(82)97-72(2,3)4)68(86)95-40-46-19-27-51(91-10)28-20-46/h15-30,33-34,43,59,62,67H,12-14,31-32,35-42H2,1-11H3,(H-,74,75,76,84,88)/p+1. The minimum atomic E-state index is -1.78. The van der Waals surface area contributed by atoms with Gasteiger partial charge in [-0.25, -0.2) is 19.4 Å². The van der Waals surface area contributed by atoms with Crippen LogP contribution in [-0.2, 0) is 87.3 Å². The van der Waals surface area contributed by atoms with E-state index in [0.29, 0.717) is 91.9 Å². The summed E-state index contributed by atoms with van der Waals surface area (Å²) < 4.78 is 59.1. The minimum absolute atomic E-state index is 0.00635. The van der Waals surface area contributed by atoms with Crippen LogP contribution in [0, 0.1) is 0 Å². The molecule has 101 heavy (non-hydrogen) atoms. The van der Waals surface area contributed by atoms with Crippen LogP contribution in [0.5, 0.6) is 34.5 Å². The maximum absolute atomic E-state index is 15.2. The normalized spacial score (nSPS) is 16.0. The number of amides is 3. The zero-order valence-electron chi connectivity index (χ0n) is 58.2. The van der Waals surface area contributed by atoms with Crippen molar-refractivity contribution in [2.75, 3.05) is 59.1 Å². The number of thioether (sulfide) groups is 1. The van der Waals surface area contributed by atoms with Crippen molar-refractivity contribution in [3.63, 3.8) is 0 Å². The van der Waals surface area contributed by atoms with Crippen molar-refractivity contribution in [3.05, 3.63) is 170 Å². The zero-order chi connectivity index (χ0) is 72.2. The van der Waals surface area contributed by atoms with Crippen molar-refractivity contribution >= 4 is 80.7 Å². The summed E-state index contributed by atoms with van der Waals surface area (Å²) in [4.78, 5) is 112. The lowest BCUT2D eigenvalue weighted by Gasteiger charge is -2.50. The number of hydrogen-bond donors (Lipinski definition) is 2. The van der Waals surface area contributed by atoms with E-state index in [0.717, 1.165) is 35.3 Å². The average Bonchev–Trinajstić information content (AvgIpc) is 1.27. The number of β-lactam (4-membered cyclic amide) rings is 1. The Morgan fingerprint density at radius 3 is 1.73 bits per heavy atom. The topological polar surface area (TPSA) is 291 Å². The number of methoxy groups -OCH3 is 4. The largest absolute Gasteiger partial charge is 0.497 e. The molecular formula is C73H83N8O18S2+.